The summed E-state index contributed by atoms with van der Waals surface area (Å²) in [5.41, 5.74) is 1.79. The van der Waals surface area contributed by atoms with Gasteiger partial charge in [-0.15, -0.1) is 0 Å². The van der Waals surface area contributed by atoms with Crippen LogP contribution in [0.25, 0.3) is 11.4 Å². The highest BCUT2D eigenvalue weighted by molar-refractivity contribution is 6.30. The number of aromatic nitrogens is 2. The molecule has 0 unspecified atom stereocenters. The average molecular weight is 361 g/mol. The van der Waals surface area contributed by atoms with Crippen LogP contribution in [0, 0.1) is 5.82 Å². The zero-order chi connectivity index (χ0) is 17.8. The quantitative estimate of drug-likeness (QED) is 0.629. The number of hydrogen-bond acceptors (Lipinski definition) is 5. The molecular weight excluding hydrogens is 347 g/mol. The molecule has 0 aliphatic rings. The van der Waals surface area contributed by atoms with Gasteiger partial charge in [0.2, 0.25) is 5.82 Å². The fourth-order valence-corrected chi connectivity index (χ4v) is 2.34. The Balaban J connectivity index is 1.66. The van der Waals surface area contributed by atoms with Crippen molar-refractivity contribution in [3.05, 3.63) is 70.3 Å². The summed E-state index contributed by atoms with van der Waals surface area (Å²) in [7, 11) is 0. The van der Waals surface area contributed by atoms with E-state index >= 15 is 0 Å². The van der Waals surface area contributed by atoms with Crippen LogP contribution < -0.4 is 0 Å². The Kier molecular flexibility index (Phi) is 5.09. The molecule has 25 heavy (non-hydrogen) atoms. The molecule has 0 aliphatic heterocycles. The van der Waals surface area contributed by atoms with Gasteiger partial charge >= 0.3 is 5.97 Å². The van der Waals surface area contributed by atoms with E-state index in [-0.39, 0.29) is 23.1 Å². The molecule has 7 heteroatoms. The predicted octanol–water partition coefficient (Wildman–Crippen LogP) is 4.45. The van der Waals surface area contributed by atoms with Crippen LogP contribution in [0.1, 0.15) is 28.7 Å². The largest absolute Gasteiger partial charge is 0.452 e. The van der Waals surface area contributed by atoms with Crippen LogP contribution in [0.15, 0.2) is 47.0 Å². The van der Waals surface area contributed by atoms with Crippen molar-refractivity contribution in [1.82, 2.24) is 10.1 Å². The lowest BCUT2D eigenvalue weighted by molar-refractivity contribution is 0.0424. The number of esters is 1. The first-order valence-electron chi connectivity index (χ1n) is 7.61. The molecule has 0 radical (unpaired) electrons. The molecule has 0 N–H and O–H groups in total. The van der Waals surface area contributed by atoms with Crippen molar-refractivity contribution >= 4 is 17.6 Å². The number of hydrogen-bond donors (Lipinski definition) is 0. The van der Waals surface area contributed by atoms with Gasteiger partial charge in [-0.3, -0.25) is 0 Å². The van der Waals surface area contributed by atoms with Gasteiger partial charge in [-0.1, -0.05) is 47.9 Å². The number of aryl methyl sites for hydroxylation is 1. The van der Waals surface area contributed by atoms with Gasteiger partial charge in [0, 0.05) is 10.6 Å². The van der Waals surface area contributed by atoms with E-state index < -0.39 is 11.8 Å². The summed E-state index contributed by atoms with van der Waals surface area (Å²) < 4.78 is 23.7. The molecule has 1 heterocycles. The van der Waals surface area contributed by atoms with Crippen LogP contribution in [0.4, 0.5) is 4.39 Å². The van der Waals surface area contributed by atoms with Crippen LogP contribution in [0.3, 0.4) is 0 Å². The zero-order valence-corrected chi connectivity index (χ0v) is 14.1. The summed E-state index contributed by atoms with van der Waals surface area (Å²) in [6.07, 6.45) is 0.939. The molecule has 0 bridgehead atoms. The van der Waals surface area contributed by atoms with E-state index in [1.54, 1.807) is 0 Å². The third kappa shape index (κ3) is 4.03. The SMILES string of the molecule is CCc1ccc(-c2noc(COC(=O)c3ccc(Cl)cc3F)n2)cc1. The summed E-state index contributed by atoms with van der Waals surface area (Å²) >= 11 is 5.65. The lowest BCUT2D eigenvalue weighted by Gasteiger charge is -2.03. The standard InChI is InChI=1S/C18H14ClFN2O3/c1-2-11-3-5-12(6-4-11)17-21-16(25-22-17)10-24-18(23)14-8-7-13(19)9-15(14)20/h3-9H,2,10H2,1H3. The smallest absolute Gasteiger partial charge is 0.341 e. The van der Waals surface area contributed by atoms with E-state index in [0.29, 0.717) is 5.82 Å². The van der Waals surface area contributed by atoms with Gasteiger partial charge < -0.3 is 9.26 Å². The summed E-state index contributed by atoms with van der Waals surface area (Å²) in [6, 6.07) is 11.5. The minimum absolute atomic E-state index is 0.122. The Morgan fingerprint density at radius 2 is 2.00 bits per heavy atom. The molecule has 3 rings (SSSR count). The van der Waals surface area contributed by atoms with E-state index in [1.807, 2.05) is 24.3 Å². The maximum atomic E-state index is 13.7. The van der Waals surface area contributed by atoms with Gasteiger partial charge in [0.1, 0.15) is 5.82 Å². The van der Waals surface area contributed by atoms with Gasteiger partial charge in [-0.2, -0.15) is 4.98 Å². The molecule has 128 valence electrons. The molecule has 2 aromatic carbocycles. The minimum atomic E-state index is -0.832. The third-order valence-corrected chi connectivity index (χ3v) is 3.80. The number of benzene rings is 2. The molecular formula is C18H14ClFN2O3. The first kappa shape index (κ1) is 17.1. The molecule has 5 nitrogen and oxygen atoms in total. The molecule has 3 aromatic rings. The first-order chi connectivity index (χ1) is 12.1. The predicted molar refractivity (Wildman–Crippen MR) is 89.6 cm³/mol. The van der Waals surface area contributed by atoms with E-state index in [9.17, 15) is 9.18 Å². The van der Waals surface area contributed by atoms with Crippen molar-refractivity contribution < 1.29 is 18.4 Å². The van der Waals surface area contributed by atoms with Crippen molar-refractivity contribution in [2.75, 3.05) is 0 Å². The average Bonchev–Trinajstić information content (AvgIpc) is 3.09. The van der Waals surface area contributed by atoms with Gasteiger partial charge in [0.15, 0.2) is 6.61 Å². The van der Waals surface area contributed by atoms with E-state index in [1.165, 1.54) is 17.7 Å². The Bertz CT molecular complexity index is 894. The topological polar surface area (TPSA) is 65.2 Å². The van der Waals surface area contributed by atoms with Crippen LogP contribution in [0.5, 0.6) is 0 Å². The maximum absolute atomic E-state index is 13.7. The highest BCUT2D eigenvalue weighted by Gasteiger charge is 2.16. The van der Waals surface area contributed by atoms with Crippen molar-refractivity contribution in [3.63, 3.8) is 0 Å². The number of halogens is 2. The highest BCUT2D eigenvalue weighted by Crippen LogP contribution is 2.18. The summed E-state index contributed by atoms with van der Waals surface area (Å²) in [5.74, 6) is -1.07. The summed E-state index contributed by atoms with van der Waals surface area (Å²) in [6.45, 7) is 1.82. The Hall–Kier alpha value is -2.73. The second kappa shape index (κ2) is 7.44. The van der Waals surface area contributed by atoms with Crippen LogP contribution in [-0.4, -0.2) is 16.1 Å². The second-order valence-electron chi connectivity index (χ2n) is 5.26. The third-order valence-electron chi connectivity index (χ3n) is 3.57. The van der Waals surface area contributed by atoms with Crippen molar-refractivity contribution in [1.29, 1.82) is 0 Å². The Morgan fingerprint density at radius 1 is 1.24 bits per heavy atom. The van der Waals surface area contributed by atoms with Crippen molar-refractivity contribution in [2.24, 2.45) is 0 Å². The molecule has 0 saturated carbocycles. The number of rotatable bonds is 5. The van der Waals surface area contributed by atoms with Gasteiger partial charge in [-0.05, 0) is 30.2 Å². The fraction of sp³-hybridized carbons (Fsp3) is 0.167. The van der Waals surface area contributed by atoms with Gasteiger partial charge in [0.25, 0.3) is 5.89 Å². The maximum Gasteiger partial charge on any atom is 0.341 e. The zero-order valence-electron chi connectivity index (χ0n) is 13.3. The van der Waals surface area contributed by atoms with Crippen molar-refractivity contribution in [3.8, 4) is 11.4 Å². The first-order valence-corrected chi connectivity index (χ1v) is 7.98. The highest BCUT2D eigenvalue weighted by atomic mass is 35.5. The van der Waals surface area contributed by atoms with E-state index in [4.69, 9.17) is 20.9 Å². The van der Waals surface area contributed by atoms with Crippen LogP contribution >= 0.6 is 11.6 Å². The molecule has 0 spiro atoms. The molecule has 0 fully saturated rings. The minimum Gasteiger partial charge on any atom is -0.452 e. The lowest BCUT2D eigenvalue weighted by Crippen LogP contribution is -2.07. The number of ether oxygens (including phenoxy) is 1. The molecule has 0 saturated heterocycles. The number of carbonyl (C=O) groups excluding carboxylic acids is 1. The van der Waals surface area contributed by atoms with Gasteiger partial charge in [0.05, 0.1) is 5.56 Å². The molecule has 1 aromatic heterocycles. The number of nitrogens with zero attached hydrogens (tertiary/aromatic N) is 2. The van der Waals surface area contributed by atoms with Crippen LogP contribution in [-0.2, 0) is 17.8 Å². The van der Waals surface area contributed by atoms with Crippen LogP contribution in [0.2, 0.25) is 5.02 Å². The van der Waals surface area contributed by atoms with Gasteiger partial charge in [-0.25, -0.2) is 9.18 Å². The number of carbonyl (C=O) groups is 1. The molecule has 0 aliphatic carbocycles. The normalized spacial score (nSPS) is 10.7. The molecule has 0 atom stereocenters. The second-order valence-corrected chi connectivity index (χ2v) is 5.70. The monoisotopic (exact) mass is 360 g/mol. The fourth-order valence-electron chi connectivity index (χ4n) is 2.18. The van der Waals surface area contributed by atoms with E-state index in [2.05, 4.69) is 17.1 Å². The van der Waals surface area contributed by atoms with E-state index in [0.717, 1.165) is 18.1 Å². The Morgan fingerprint density at radius 3 is 2.68 bits per heavy atom. The lowest BCUT2D eigenvalue weighted by atomic mass is 10.1. The summed E-state index contributed by atoms with van der Waals surface area (Å²) in [5, 5.41) is 4.05. The summed E-state index contributed by atoms with van der Waals surface area (Å²) in [4.78, 5) is 16.1. The molecule has 0 amide bonds. The van der Waals surface area contributed by atoms with Crippen molar-refractivity contribution in [2.45, 2.75) is 20.0 Å². The Labute approximate surface area is 148 Å².